The van der Waals surface area contributed by atoms with Crippen LogP contribution in [0.5, 0.6) is 11.5 Å². The number of nitrogens with one attached hydrogen (secondary N) is 1. The molecule has 1 aromatic heterocycles. The SMILES string of the molecule is CCN(CC(=O)Nc1ccc2c(c1)OCCO2)C(=O)c1ccc(-c2ccc(F)cc2)s1. The summed E-state index contributed by atoms with van der Waals surface area (Å²) in [4.78, 5) is 28.3. The number of benzene rings is 2. The van der Waals surface area contributed by atoms with E-state index in [2.05, 4.69) is 5.32 Å². The number of rotatable bonds is 6. The van der Waals surface area contributed by atoms with E-state index in [-0.39, 0.29) is 24.2 Å². The molecule has 3 aromatic rings. The first-order valence-electron chi connectivity index (χ1n) is 9.88. The third-order valence-electron chi connectivity index (χ3n) is 4.77. The van der Waals surface area contributed by atoms with E-state index in [4.69, 9.17) is 9.47 Å². The van der Waals surface area contributed by atoms with Gasteiger partial charge in [0.1, 0.15) is 25.6 Å². The number of fused-ring (bicyclic) bond motifs is 1. The van der Waals surface area contributed by atoms with Gasteiger partial charge in [-0.1, -0.05) is 12.1 Å². The molecule has 0 atom stereocenters. The highest BCUT2D eigenvalue weighted by molar-refractivity contribution is 7.17. The summed E-state index contributed by atoms with van der Waals surface area (Å²) in [6, 6.07) is 14.9. The lowest BCUT2D eigenvalue weighted by atomic mass is 10.2. The van der Waals surface area contributed by atoms with Crippen molar-refractivity contribution in [1.82, 2.24) is 4.90 Å². The van der Waals surface area contributed by atoms with Gasteiger partial charge in [0, 0.05) is 23.2 Å². The van der Waals surface area contributed by atoms with Crippen molar-refractivity contribution in [1.29, 1.82) is 0 Å². The van der Waals surface area contributed by atoms with Crippen molar-refractivity contribution in [2.24, 2.45) is 0 Å². The van der Waals surface area contributed by atoms with Crippen molar-refractivity contribution in [2.45, 2.75) is 6.92 Å². The van der Waals surface area contributed by atoms with Gasteiger partial charge in [-0.25, -0.2) is 4.39 Å². The molecule has 1 N–H and O–H groups in total. The number of halogens is 1. The van der Waals surface area contributed by atoms with Crippen LogP contribution in [0.3, 0.4) is 0 Å². The monoisotopic (exact) mass is 440 g/mol. The zero-order valence-corrected chi connectivity index (χ0v) is 17.7. The van der Waals surface area contributed by atoms with Gasteiger partial charge in [-0.3, -0.25) is 9.59 Å². The molecular formula is C23H21FN2O4S. The maximum absolute atomic E-state index is 13.1. The van der Waals surface area contributed by atoms with Gasteiger partial charge in [-0.2, -0.15) is 0 Å². The van der Waals surface area contributed by atoms with Crippen LogP contribution in [-0.2, 0) is 4.79 Å². The van der Waals surface area contributed by atoms with Gasteiger partial charge in [0.25, 0.3) is 5.91 Å². The molecule has 160 valence electrons. The summed E-state index contributed by atoms with van der Waals surface area (Å²) in [5.41, 5.74) is 1.41. The Kier molecular flexibility index (Phi) is 6.18. The number of ether oxygens (including phenoxy) is 2. The number of hydrogen-bond donors (Lipinski definition) is 1. The summed E-state index contributed by atoms with van der Waals surface area (Å²) >= 11 is 1.31. The first kappa shape index (κ1) is 20.9. The first-order chi connectivity index (χ1) is 15.0. The highest BCUT2D eigenvalue weighted by Gasteiger charge is 2.20. The summed E-state index contributed by atoms with van der Waals surface area (Å²) in [5, 5.41) is 2.80. The maximum atomic E-state index is 13.1. The van der Waals surface area contributed by atoms with E-state index in [1.165, 1.54) is 28.4 Å². The molecule has 1 aliphatic rings. The maximum Gasteiger partial charge on any atom is 0.264 e. The zero-order valence-electron chi connectivity index (χ0n) is 16.9. The minimum atomic E-state index is -0.308. The number of hydrogen-bond acceptors (Lipinski definition) is 5. The lowest BCUT2D eigenvalue weighted by molar-refractivity contribution is -0.116. The predicted octanol–water partition coefficient (Wildman–Crippen LogP) is 4.43. The van der Waals surface area contributed by atoms with Gasteiger partial charge in [0.2, 0.25) is 5.91 Å². The topological polar surface area (TPSA) is 67.9 Å². The molecule has 0 radical (unpaired) electrons. The standard InChI is InChI=1S/C23H21FN2O4S/c1-2-26(14-22(27)25-17-7-8-18-19(13-17)30-12-11-29-18)23(28)21-10-9-20(31-21)15-3-5-16(24)6-4-15/h3-10,13H,2,11-12,14H2,1H3,(H,25,27). The smallest absolute Gasteiger partial charge is 0.264 e. The lowest BCUT2D eigenvalue weighted by Crippen LogP contribution is -2.37. The summed E-state index contributed by atoms with van der Waals surface area (Å²) in [7, 11) is 0. The van der Waals surface area contributed by atoms with Crippen LogP contribution in [0, 0.1) is 5.82 Å². The Labute approximate surface area is 183 Å². The normalized spacial score (nSPS) is 12.3. The summed E-state index contributed by atoms with van der Waals surface area (Å²) in [5.74, 6) is 0.391. The zero-order chi connectivity index (χ0) is 21.8. The molecule has 8 heteroatoms. The average Bonchev–Trinajstić information content (AvgIpc) is 3.27. The van der Waals surface area contributed by atoms with E-state index in [9.17, 15) is 14.0 Å². The van der Waals surface area contributed by atoms with E-state index >= 15 is 0 Å². The van der Waals surface area contributed by atoms with Crippen molar-refractivity contribution >= 4 is 28.8 Å². The molecule has 6 nitrogen and oxygen atoms in total. The molecule has 0 spiro atoms. The van der Waals surface area contributed by atoms with Gasteiger partial charge in [0.05, 0.1) is 4.88 Å². The van der Waals surface area contributed by atoms with Crippen LogP contribution in [0.25, 0.3) is 10.4 Å². The molecule has 2 heterocycles. The van der Waals surface area contributed by atoms with Crippen LogP contribution in [0.1, 0.15) is 16.6 Å². The van der Waals surface area contributed by atoms with Crippen molar-refractivity contribution in [3.05, 3.63) is 65.3 Å². The van der Waals surface area contributed by atoms with Crippen LogP contribution in [-0.4, -0.2) is 43.0 Å². The Morgan fingerprint density at radius 1 is 1.03 bits per heavy atom. The van der Waals surface area contributed by atoms with E-state index in [0.717, 1.165) is 10.4 Å². The number of carbonyl (C=O) groups excluding carboxylic acids is 2. The largest absolute Gasteiger partial charge is 0.486 e. The fourth-order valence-electron chi connectivity index (χ4n) is 3.20. The quantitative estimate of drug-likeness (QED) is 0.616. The van der Waals surface area contributed by atoms with Crippen LogP contribution >= 0.6 is 11.3 Å². The number of carbonyl (C=O) groups is 2. The molecule has 0 bridgehead atoms. The Balaban J connectivity index is 1.41. The molecule has 2 aromatic carbocycles. The molecule has 1 aliphatic heterocycles. The van der Waals surface area contributed by atoms with E-state index < -0.39 is 0 Å². The fourth-order valence-corrected chi connectivity index (χ4v) is 4.18. The van der Waals surface area contributed by atoms with Crippen LogP contribution in [0.2, 0.25) is 0 Å². The van der Waals surface area contributed by atoms with Crippen LogP contribution in [0.15, 0.2) is 54.6 Å². The molecule has 0 saturated heterocycles. The number of likely N-dealkylation sites (N-methyl/N-ethyl adjacent to an activating group) is 1. The van der Waals surface area contributed by atoms with Crippen molar-refractivity contribution in [3.63, 3.8) is 0 Å². The Hall–Kier alpha value is -3.39. The second-order valence-electron chi connectivity index (χ2n) is 6.90. The molecular weight excluding hydrogens is 419 g/mol. The van der Waals surface area contributed by atoms with Crippen molar-refractivity contribution < 1.29 is 23.5 Å². The minimum absolute atomic E-state index is 0.0758. The second-order valence-corrected chi connectivity index (χ2v) is 7.98. The molecule has 0 unspecified atom stereocenters. The molecule has 4 rings (SSSR count). The number of anilines is 1. The molecule has 2 amide bonds. The second kappa shape index (κ2) is 9.18. The number of thiophene rings is 1. The Morgan fingerprint density at radius 3 is 2.52 bits per heavy atom. The van der Waals surface area contributed by atoms with E-state index in [1.54, 1.807) is 36.4 Å². The minimum Gasteiger partial charge on any atom is -0.486 e. The van der Waals surface area contributed by atoms with Gasteiger partial charge in [-0.15, -0.1) is 11.3 Å². The summed E-state index contributed by atoms with van der Waals surface area (Å²) in [6.07, 6.45) is 0. The van der Waals surface area contributed by atoms with E-state index in [0.29, 0.717) is 41.8 Å². The van der Waals surface area contributed by atoms with Gasteiger partial charge in [0.15, 0.2) is 11.5 Å². The third kappa shape index (κ3) is 4.86. The van der Waals surface area contributed by atoms with E-state index in [1.807, 2.05) is 13.0 Å². The Bertz CT molecular complexity index is 1100. The van der Waals surface area contributed by atoms with Crippen LogP contribution < -0.4 is 14.8 Å². The molecule has 0 saturated carbocycles. The van der Waals surface area contributed by atoms with Gasteiger partial charge >= 0.3 is 0 Å². The fraction of sp³-hybridized carbons (Fsp3) is 0.217. The van der Waals surface area contributed by atoms with Crippen molar-refractivity contribution in [3.8, 4) is 21.9 Å². The number of amides is 2. The van der Waals surface area contributed by atoms with Crippen molar-refractivity contribution in [2.75, 3.05) is 31.6 Å². The first-order valence-corrected chi connectivity index (χ1v) is 10.7. The molecule has 0 aliphatic carbocycles. The number of nitrogens with zero attached hydrogens (tertiary/aromatic N) is 1. The molecule has 0 fully saturated rings. The predicted molar refractivity (Wildman–Crippen MR) is 117 cm³/mol. The van der Waals surface area contributed by atoms with Gasteiger partial charge in [-0.05, 0) is 48.9 Å². The summed E-state index contributed by atoms with van der Waals surface area (Å²) in [6.45, 7) is 3.09. The average molecular weight is 440 g/mol. The highest BCUT2D eigenvalue weighted by atomic mass is 32.1. The van der Waals surface area contributed by atoms with Crippen LogP contribution in [0.4, 0.5) is 10.1 Å². The summed E-state index contributed by atoms with van der Waals surface area (Å²) < 4.78 is 24.1. The third-order valence-corrected chi connectivity index (χ3v) is 5.90. The molecule has 31 heavy (non-hydrogen) atoms. The Morgan fingerprint density at radius 2 is 1.77 bits per heavy atom. The lowest BCUT2D eigenvalue weighted by Gasteiger charge is -2.21. The highest BCUT2D eigenvalue weighted by Crippen LogP contribution is 2.32. The van der Waals surface area contributed by atoms with Gasteiger partial charge < -0.3 is 19.7 Å².